The van der Waals surface area contributed by atoms with Crippen LogP contribution in [0.1, 0.15) is 25.4 Å². The normalized spacial score (nSPS) is 18.1. The maximum Gasteiger partial charge on any atom is 0.132 e. The summed E-state index contributed by atoms with van der Waals surface area (Å²) >= 11 is 0. The first kappa shape index (κ1) is 13.8. The third kappa shape index (κ3) is 3.21. The van der Waals surface area contributed by atoms with Crippen LogP contribution in [0.5, 0.6) is 0 Å². The van der Waals surface area contributed by atoms with Crippen molar-refractivity contribution in [3.05, 3.63) is 17.6 Å². The molecule has 1 unspecified atom stereocenters. The van der Waals surface area contributed by atoms with E-state index in [9.17, 15) is 0 Å². The maximum absolute atomic E-state index is 8.95. The molecule has 2 heterocycles. The minimum absolute atomic E-state index is 0.000452. The van der Waals surface area contributed by atoms with Crippen molar-refractivity contribution < 1.29 is 0 Å². The molecule has 1 saturated heterocycles. The number of aryl methyl sites for hydroxylation is 2. The molecule has 2 rings (SSSR count). The van der Waals surface area contributed by atoms with Gasteiger partial charge in [0.25, 0.3) is 0 Å². The zero-order chi connectivity index (χ0) is 13.8. The Hall–Kier alpha value is -1.67. The van der Waals surface area contributed by atoms with Crippen LogP contribution < -0.4 is 4.90 Å². The van der Waals surface area contributed by atoms with Crippen molar-refractivity contribution in [1.29, 1.82) is 5.26 Å². The first-order valence-electron chi connectivity index (χ1n) is 6.87. The quantitative estimate of drug-likeness (QED) is 0.821. The SMILES string of the molecule is CCc1cc(N2CCN(C(C)C#N)CC2)nc(C)n1. The van der Waals surface area contributed by atoms with Gasteiger partial charge in [0, 0.05) is 37.9 Å². The summed E-state index contributed by atoms with van der Waals surface area (Å²) in [5.74, 6) is 1.86. The molecule has 1 aromatic heterocycles. The molecule has 0 radical (unpaired) electrons. The number of rotatable bonds is 3. The van der Waals surface area contributed by atoms with E-state index in [2.05, 4.69) is 38.8 Å². The molecule has 5 heteroatoms. The fourth-order valence-corrected chi connectivity index (χ4v) is 2.38. The summed E-state index contributed by atoms with van der Waals surface area (Å²) in [4.78, 5) is 13.4. The van der Waals surface area contributed by atoms with Gasteiger partial charge in [-0.05, 0) is 20.3 Å². The van der Waals surface area contributed by atoms with E-state index < -0.39 is 0 Å². The molecule has 0 spiro atoms. The Morgan fingerprint density at radius 2 is 2.00 bits per heavy atom. The van der Waals surface area contributed by atoms with Crippen molar-refractivity contribution in [3.8, 4) is 6.07 Å². The number of anilines is 1. The number of nitrogens with zero attached hydrogens (tertiary/aromatic N) is 5. The monoisotopic (exact) mass is 259 g/mol. The summed E-state index contributed by atoms with van der Waals surface area (Å²) in [6.45, 7) is 9.68. The first-order valence-corrected chi connectivity index (χ1v) is 6.87. The van der Waals surface area contributed by atoms with Crippen molar-refractivity contribution in [2.24, 2.45) is 0 Å². The average molecular weight is 259 g/mol. The van der Waals surface area contributed by atoms with Gasteiger partial charge in [0.1, 0.15) is 11.6 Å². The van der Waals surface area contributed by atoms with Gasteiger partial charge in [-0.3, -0.25) is 4.90 Å². The van der Waals surface area contributed by atoms with Gasteiger partial charge >= 0.3 is 0 Å². The van der Waals surface area contributed by atoms with Crippen molar-refractivity contribution in [1.82, 2.24) is 14.9 Å². The Balaban J connectivity index is 2.05. The van der Waals surface area contributed by atoms with E-state index in [-0.39, 0.29) is 6.04 Å². The van der Waals surface area contributed by atoms with Crippen molar-refractivity contribution in [2.75, 3.05) is 31.1 Å². The molecule has 102 valence electrons. The highest BCUT2D eigenvalue weighted by atomic mass is 15.3. The minimum Gasteiger partial charge on any atom is -0.354 e. The standard InChI is InChI=1S/C14H21N5/c1-4-13-9-14(17-12(3)16-13)19-7-5-18(6-8-19)11(2)10-15/h9,11H,4-8H2,1-3H3. The Kier molecular flexibility index (Phi) is 4.33. The van der Waals surface area contributed by atoms with Crippen LogP contribution in [0, 0.1) is 18.3 Å². The number of aromatic nitrogens is 2. The highest BCUT2D eigenvalue weighted by Crippen LogP contribution is 2.16. The summed E-state index contributed by atoms with van der Waals surface area (Å²) in [6, 6.07) is 4.38. The predicted octanol–water partition coefficient (Wildman–Crippen LogP) is 1.38. The maximum atomic E-state index is 8.95. The van der Waals surface area contributed by atoms with Gasteiger partial charge in [0.2, 0.25) is 0 Å². The first-order chi connectivity index (χ1) is 9.13. The molecule has 0 aliphatic carbocycles. The van der Waals surface area contributed by atoms with Crippen LogP contribution in [0.3, 0.4) is 0 Å². The van der Waals surface area contributed by atoms with Crippen LogP contribution in [0.25, 0.3) is 0 Å². The van der Waals surface area contributed by atoms with E-state index in [0.717, 1.165) is 49.9 Å². The molecule has 0 N–H and O–H groups in total. The van der Waals surface area contributed by atoms with Crippen molar-refractivity contribution in [3.63, 3.8) is 0 Å². The molecule has 0 saturated carbocycles. The topological polar surface area (TPSA) is 56.0 Å². The largest absolute Gasteiger partial charge is 0.354 e. The van der Waals surface area contributed by atoms with E-state index in [1.165, 1.54) is 0 Å². The second kappa shape index (κ2) is 5.98. The zero-order valence-corrected chi connectivity index (χ0v) is 11.9. The summed E-state index contributed by atoms with van der Waals surface area (Å²) < 4.78 is 0. The lowest BCUT2D eigenvalue weighted by Crippen LogP contribution is -2.49. The van der Waals surface area contributed by atoms with Gasteiger partial charge in [-0.2, -0.15) is 5.26 Å². The summed E-state index contributed by atoms with van der Waals surface area (Å²) in [6.07, 6.45) is 0.932. The van der Waals surface area contributed by atoms with E-state index in [4.69, 9.17) is 5.26 Å². The van der Waals surface area contributed by atoms with E-state index in [1.807, 2.05) is 13.8 Å². The minimum atomic E-state index is 0.000452. The van der Waals surface area contributed by atoms with Crippen LogP contribution >= 0.6 is 0 Å². The highest BCUT2D eigenvalue weighted by molar-refractivity contribution is 5.40. The number of hydrogen-bond acceptors (Lipinski definition) is 5. The molecule has 0 aromatic carbocycles. The van der Waals surface area contributed by atoms with Gasteiger partial charge in [0.15, 0.2) is 0 Å². The van der Waals surface area contributed by atoms with Gasteiger partial charge in [-0.1, -0.05) is 6.92 Å². The average Bonchev–Trinajstić information content (AvgIpc) is 2.46. The summed E-state index contributed by atoms with van der Waals surface area (Å²) in [5.41, 5.74) is 1.09. The second-order valence-electron chi connectivity index (χ2n) is 4.95. The Bertz CT molecular complexity index is 471. The molecule has 1 aliphatic heterocycles. The van der Waals surface area contributed by atoms with E-state index in [0.29, 0.717) is 0 Å². The molecule has 1 fully saturated rings. The van der Waals surface area contributed by atoms with Crippen LogP contribution in [0.2, 0.25) is 0 Å². The number of nitriles is 1. The summed E-state index contributed by atoms with van der Waals surface area (Å²) in [7, 11) is 0. The smallest absolute Gasteiger partial charge is 0.132 e. The van der Waals surface area contributed by atoms with Crippen molar-refractivity contribution >= 4 is 5.82 Å². The molecular weight excluding hydrogens is 238 g/mol. The lowest BCUT2D eigenvalue weighted by atomic mass is 10.2. The van der Waals surface area contributed by atoms with Crippen molar-refractivity contribution in [2.45, 2.75) is 33.2 Å². The van der Waals surface area contributed by atoms with Gasteiger partial charge in [-0.15, -0.1) is 0 Å². The van der Waals surface area contributed by atoms with Crippen LogP contribution in [-0.4, -0.2) is 47.1 Å². The lowest BCUT2D eigenvalue weighted by Gasteiger charge is -2.36. The molecule has 1 aliphatic rings. The Morgan fingerprint density at radius 3 is 2.58 bits per heavy atom. The Labute approximate surface area is 114 Å². The van der Waals surface area contributed by atoms with E-state index >= 15 is 0 Å². The second-order valence-corrected chi connectivity index (χ2v) is 4.95. The van der Waals surface area contributed by atoms with Gasteiger partial charge < -0.3 is 4.90 Å². The number of piperazine rings is 1. The zero-order valence-electron chi connectivity index (χ0n) is 11.9. The Morgan fingerprint density at radius 1 is 1.32 bits per heavy atom. The molecule has 0 amide bonds. The molecule has 1 aromatic rings. The van der Waals surface area contributed by atoms with Gasteiger partial charge in [0.05, 0.1) is 12.1 Å². The van der Waals surface area contributed by atoms with Crippen LogP contribution in [-0.2, 0) is 6.42 Å². The summed E-state index contributed by atoms with van der Waals surface area (Å²) in [5, 5.41) is 8.95. The highest BCUT2D eigenvalue weighted by Gasteiger charge is 2.21. The molecule has 19 heavy (non-hydrogen) atoms. The van der Waals surface area contributed by atoms with Gasteiger partial charge in [-0.25, -0.2) is 9.97 Å². The molecule has 5 nitrogen and oxygen atoms in total. The third-order valence-electron chi connectivity index (χ3n) is 3.61. The van der Waals surface area contributed by atoms with Crippen LogP contribution in [0.15, 0.2) is 6.07 Å². The predicted molar refractivity (Wildman–Crippen MR) is 75.0 cm³/mol. The molecule has 0 bridgehead atoms. The molecule has 1 atom stereocenters. The third-order valence-corrected chi connectivity index (χ3v) is 3.61. The fraction of sp³-hybridized carbons (Fsp3) is 0.643. The lowest BCUT2D eigenvalue weighted by molar-refractivity contribution is 0.231. The fourth-order valence-electron chi connectivity index (χ4n) is 2.38. The van der Waals surface area contributed by atoms with Crippen LogP contribution in [0.4, 0.5) is 5.82 Å². The molecular formula is C14H21N5. The van der Waals surface area contributed by atoms with E-state index in [1.54, 1.807) is 0 Å². The number of hydrogen-bond donors (Lipinski definition) is 0.